The van der Waals surface area contributed by atoms with Gasteiger partial charge in [-0.15, -0.1) is 12.4 Å². The molecule has 4 rings (SSSR count). The number of hydrogen-bond donors (Lipinski definition) is 1. The van der Waals surface area contributed by atoms with Crippen LogP contribution in [0.5, 0.6) is 0 Å². The van der Waals surface area contributed by atoms with Crippen LogP contribution in [0.4, 0.5) is 0 Å². The molecule has 0 aliphatic carbocycles. The summed E-state index contributed by atoms with van der Waals surface area (Å²) in [6, 6.07) is 5.41. The third-order valence-corrected chi connectivity index (χ3v) is 5.88. The molecule has 2 saturated heterocycles. The molecule has 1 aromatic carbocycles. The van der Waals surface area contributed by atoms with Gasteiger partial charge in [0.05, 0.1) is 12.7 Å². The van der Waals surface area contributed by atoms with Crippen LogP contribution in [0, 0.1) is 6.92 Å². The average molecular weight is 377 g/mol. The van der Waals surface area contributed by atoms with Crippen molar-refractivity contribution in [3.63, 3.8) is 0 Å². The Labute approximate surface area is 161 Å². The van der Waals surface area contributed by atoms with Crippen LogP contribution in [0.15, 0.2) is 22.8 Å². The van der Waals surface area contributed by atoms with Crippen molar-refractivity contribution in [1.82, 2.24) is 10.2 Å². The van der Waals surface area contributed by atoms with Gasteiger partial charge in [0.15, 0.2) is 0 Å². The minimum atomic E-state index is 0. The Balaban J connectivity index is 0.00000196. The molecule has 2 fully saturated rings. The number of nitrogens with zero attached hydrogens (tertiary/aromatic N) is 1. The molecular weight excluding hydrogens is 348 g/mol. The van der Waals surface area contributed by atoms with Crippen molar-refractivity contribution in [2.24, 2.45) is 0 Å². The van der Waals surface area contributed by atoms with E-state index in [1.165, 1.54) is 24.0 Å². The lowest BCUT2D eigenvalue weighted by Gasteiger charge is -2.24. The van der Waals surface area contributed by atoms with Crippen LogP contribution in [-0.2, 0) is 11.2 Å². The minimum absolute atomic E-state index is 0. The summed E-state index contributed by atoms with van der Waals surface area (Å²) < 4.78 is 5.74. The Hall–Kier alpha value is -1.52. The van der Waals surface area contributed by atoms with Crippen LogP contribution in [-0.4, -0.2) is 36.0 Å². The van der Waals surface area contributed by atoms with Crippen LogP contribution in [0.3, 0.4) is 0 Å². The average Bonchev–Trinajstić information content (AvgIpc) is 3.09. The number of amides is 1. The zero-order valence-corrected chi connectivity index (χ0v) is 16.7. The molecule has 3 heterocycles. The maximum atomic E-state index is 12.9. The van der Waals surface area contributed by atoms with Gasteiger partial charge in [0.2, 0.25) is 5.91 Å². The number of likely N-dealkylation sites (tertiary alicyclic amines) is 1. The fourth-order valence-corrected chi connectivity index (χ4v) is 4.45. The third kappa shape index (κ3) is 3.63. The maximum absolute atomic E-state index is 12.9. The molecule has 0 spiro atoms. The second kappa shape index (κ2) is 7.61. The van der Waals surface area contributed by atoms with Gasteiger partial charge in [-0.2, -0.15) is 0 Å². The maximum Gasteiger partial charge on any atom is 0.227 e. The zero-order chi connectivity index (χ0) is 17.6. The standard InChI is InChI=1S/C21H28N2O2.ClH/c1-13(2)18-10-19-15(12-25-20(19)8-14(18)3)9-21(24)23-7-6-16-4-5-17(11-23)22-16;/h8,10,12-13,16-17,22H,4-7,9,11H2,1-3H3;1H. The van der Waals surface area contributed by atoms with Crippen molar-refractivity contribution in [3.8, 4) is 0 Å². The molecule has 5 heteroatoms. The fourth-order valence-electron chi connectivity index (χ4n) is 4.45. The van der Waals surface area contributed by atoms with Crippen LogP contribution in [0.2, 0.25) is 0 Å². The molecule has 2 atom stereocenters. The second-order valence-corrected chi connectivity index (χ2v) is 8.06. The van der Waals surface area contributed by atoms with Gasteiger partial charge in [-0.05, 0) is 55.4 Å². The quantitative estimate of drug-likeness (QED) is 0.873. The molecule has 26 heavy (non-hydrogen) atoms. The van der Waals surface area contributed by atoms with E-state index in [1.54, 1.807) is 6.26 Å². The summed E-state index contributed by atoms with van der Waals surface area (Å²) in [5.41, 5.74) is 4.49. The predicted molar refractivity (Wildman–Crippen MR) is 107 cm³/mol. The van der Waals surface area contributed by atoms with E-state index in [-0.39, 0.29) is 18.3 Å². The third-order valence-electron chi connectivity index (χ3n) is 5.88. The van der Waals surface area contributed by atoms with Crippen molar-refractivity contribution in [2.75, 3.05) is 13.1 Å². The number of fused-ring (bicyclic) bond motifs is 3. The smallest absolute Gasteiger partial charge is 0.227 e. The van der Waals surface area contributed by atoms with Crippen molar-refractivity contribution < 1.29 is 9.21 Å². The van der Waals surface area contributed by atoms with E-state index >= 15 is 0 Å². The number of nitrogens with one attached hydrogen (secondary N) is 1. The van der Waals surface area contributed by atoms with E-state index in [2.05, 4.69) is 38.2 Å². The second-order valence-electron chi connectivity index (χ2n) is 8.06. The largest absolute Gasteiger partial charge is 0.464 e. The minimum Gasteiger partial charge on any atom is -0.464 e. The highest BCUT2D eigenvalue weighted by molar-refractivity contribution is 5.88. The molecule has 2 aliphatic rings. The van der Waals surface area contributed by atoms with Gasteiger partial charge in [-0.25, -0.2) is 0 Å². The topological polar surface area (TPSA) is 45.5 Å². The molecule has 2 aliphatic heterocycles. The molecule has 1 aromatic heterocycles. The Morgan fingerprint density at radius 3 is 2.81 bits per heavy atom. The molecule has 142 valence electrons. The SMILES string of the molecule is Cc1cc2occ(CC(=O)N3CCC4CCC(C3)N4)c2cc1C(C)C.Cl. The summed E-state index contributed by atoms with van der Waals surface area (Å²) in [6.07, 6.45) is 5.74. The van der Waals surface area contributed by atoms with E-state index in [0.717, 1.165) is 36.0 Å². The number of rotatable bonds is 3. The summed E-state index contributed by atoms with van der Waals surface area (Å²) in [6.45, 7) is 8.26. The molecular formula is C21H29ClN2O2. The number of furan rings is 1. The molecule has 2 aromatic rings. The first kappa shape index (κ1) is 19.2. The lowest BCUT2D eigenvalue weighted by Crippen LogP contribution is -2.39. The molecule has 2 bridgehead atoms. The molecule has 0 saturated carbocycles. The molecule has 1 amide bonds. The summed E-state index contributed by atoms with van der Waals surface area (Å²) in [5, 5.41) is 4.73. The summed E-state index contributed by atoms with van der Waals surface area (Å²) in [4.78, 5) is 14.9. The van der Waals surface area contributed by atoms with Crippen LogP contribution in [0.25, 0.3) is 11.0 Å². The zero-order valence-electron chi connectivity index (χ0n) is 15.9. The predicted octanol–water partition coefficient (Wildman–Crippen LogP) is 4.18. The van der Waals surface area contributed by atoms with Crippen molar-refractivity contribution >= 4 is 29.3 Å². The highest BCUT2D eigenvalue weighted by atomic mass is 35.5. The van der Waals surface area contributed by atoms with E-state index < -0.39 is 0 Å². The first-order chi connectivity index (χ1) is 12.0. The highest BCUT2D eigenvalue weighted by Gasteiger charge is 2.31. The van der Waals surface area contributed by atoms with Gasteiger partial charge in [-0.3, -0.25) is 4.79 Å². The molecule has 2 unspecified atom stereocenters. The van der Waals surface area contributed by atoms with E-state index in [1.807, 2.05) is 4.90 Å². The monoisotopic (exact) mass is 376 g/mol. The number of hydrogen-bond acceptors (Lipinski definition) is 3. The van der Waals surface area contributed by atoms with Crippen molar-refractivity contribution in [2.45, 2.75) is 64.5 Å². The number of carbonyl (C=O) groups is 1. The normalized spacial score (nSPS) is 22.5. The summed E-state index contributed by atoms with van der Waals surface area (Å²) in [7, 11) is 0. The summed E-state index contributed by atoms with van der Waals surface area (Å²) in [5.74, 6) is 0.693. The van der Waals surface area contributed by atoms with E-state index in [0.29, 0.717) is 24.4 Å². The number of benzene rings is 1. The van der Waals surface area contributed by atoms with Crippen LogP contribution < -0.4 is 5.32 Å². The van der Waals surface area contributed by atoms with Gasteiger partial charge >= 0.3 is 0 Å². The number of halogens is 1. The number of carbonyl (C=O) groups excluding carboxylic acids is 1. The summed E-state index contributed by atoms with van der Waals surface area (Å²) >= 11 is 0. The molecule has 0 radical (unpaired) electrons. The van der Waals surface area contributed by atoms with Gasteiger partial charge in [0, 0.05) is 36.1 Å². The fraction of sp³-hybridized carbons (Fsp3) is 0.571. The highest BCUT2D eigenvalue weighted by Crippen LogP contribution is 2.29. The van der Waals surface area contributed by atoms with Crippen LogP contribution >= 0.6 is 12.4 Å². The number of aryl methyl sites for hydroxylation is 1. The Morgan fingerprint density at radius 2 is 2.04 bits per heavy atom. The van der Waals surface area contributed by atoms with Crippen molar-refractivity contribution in [3.05, 3.63) is 35.1 Å². The first-order valence-corrected chi connectivity index (χ1v) is 9.55. The van der Waals surface area contributed by atoms with Crippen molar-refractivity contribution in [1.29, 1.82) is 0 Å². The molecule has 4 nitrogen and oxygen atoms in total. The van der Waals surface area contributed by atoms with Gasteiger partial charge in [0.1, 0.15) is 5.58 Å². The Morgan fingerprint density at radius 1 is 1.27 bits per heavy atom. The Bertz CT molecular complexity index is 799. The van der Waals surface area contributed by atoms with Gasteiger partial charge in [0.25, 0.3) is 0 Å². The van der Waals surface area contributed by atoms with Gasteiger partial charge < -0.3 is 14.6 Å². The van der Waals surface area contributed by atoms with E-state index in [9.17, 15) is 4.79 Å². The van der Waals surface area contributed by atoms with Crippen LogP contribution in [0.1, 0.15) is 55.7 Å². The molecule has 1 N–H and O–H groups in total. The van der Waals surface area contributed by atoms with Gasteiger partial charge in [-0.1, -0.05) is 13.8 Å². The van der Waals surface area contributed by atoms with E-state index in [4.69, 9.17) is 4.42 Å². The first-order valence-electron chi connectivity index (χ1n) is 9.55. The Kier molecular flexibility index (Phi) is 5.64. The lowest BCUT2D eigenvalue weighted by atomic mass is 9.95. The lowest BCUT2D eigenvalue weighted by molar-refractivity contribution is -0.130.